The molecule has 1 aliphatic carbocycles. The van der Waals surface area contributed by atoms with Gasteiger partial charge in [-0.15, -0.1) is 0 Å². The summed E-state index contributed by atoms with van der Waals surface area (Å²) in [5.41, 5.74) is 7.82. The Kier molecular flexibility index (Phi) is 4.54. The SMILES string of the molecule is NC1=CCC=C(Oc2ccc(N)cc2C(F)(F)F)C(C(F)(F)F)=C1. The minimum Gasteiger partial charge on any atom is -0.456 e. The van der Waals surface area contributed by atoms with Gasteiger partial charge in [-0.05, 0) is 36.8 Å². The Morgan fingerprint density at radius 2 is 1.58 bits per heavy atom. The molecule has 0 saturated carbocycles. The lowest BCUT2D eigenvalue weighted by molar-refractivity contribution is -0.138. The number of nitrogen functional groups attached to an aromatic ring is 1. The van der Waals surface area contributed by atoms with Crippen LogP contribution >= 0.6 is 0 Å². The lowest BCUT2D eigenvalue weighted by atomic mass is 10.1. The third kappa shape index (κ3) is 4.03. The minimum absolute atomic E-state index is 0.0203. The first kappa shape index (κ1) is 17.8. The number of halogens is 6. The van der Waals surface area contributed by atoms with Crippen molar-refractivity contribution in [2.24, 2.45) is 5.73 Å². The van der Waals surface area contributed by atoms with Gasteiger partial charge in [0.15, 0.2) is 0 Å². The van der Waals surface area contributed by atoms with Gasteiger partial charge in [-0.3, -0.25) is 0 Å². The summed E-state index contributed by atoms with van der Waals surface area (Å²) < 4.78 is 83.4. The molecule has 130 valence electrons. The van der Waals surface area contributed by atoms with Gasteiger partial charge in [0.2, 0.25) is 0 Å². The molecule has 9 heteroatoms. The van der Waals surface area contributed by atoms with Crippen LogP contribution in [0.25, 0.3) is 0 Å². The van der Waals surface area contributed by atoms with Crippen LogP contribution in [0.5, 0.6) is 5.75 Å². The van der Waals surface area contributed by atoms with Gasteiger partial charge in [0.25, 0.3) is 0 Å². The molecule has 2 rings (SSSR count). The molecule has 0 aliphatic heterocycles. The first-order valence-electron chi connectivity index (χ1n) is 6.58. The molecule has 3 nitrogen and oxygen atoms in total. The van der Waals surface area contributed by atoms with Crippen LogP contribution in [0.4, 0.5) is 32.0 Å². The normalized spacial score (nSPS) is 16.0. The molecule has 0 fully saturated rings. The Morgan fingerprint density at radius 3 is 2.17 bits per heavy atom. The van der Waals surface area contributed by atoms with Gasteiger partial charge < -0.3 is 16.2 Å². The fourth-order valence-electron chi connectivity index (χ4n) is 2.00. The van der Waals surface area contributed by atoms with Crippen molar-refractivity contribution in [2.75, 3.05) is 5.73 Å². The molecule has 1 aromatic carbocycles. The van der Waals surface area contributed by atoms with Gasteiger partial charge in [0, 0.05) is 11.4 Å². The van der Waals surface area contributed by atoms with E-state index in [9.17, 15) is 26.3 Å². The zero-order valence-electron chi connectivity index (χ0n) is 12.0. The van der Waals surface area contributed by atoms with Crippen molar-refractivity contribution in [1.29, 1.82) is 0 Å². The van der Waals surface area contributed by atoms with Crippen LogP contribution in [0.15, 0.2) is 53.5 Å². The van der Waals surface area contributed by atoms with Gasteiger partial charge in [0.1, 0.15) is 17.1 Å². The van der Waals surface area contributed by atoms with Crippen LogP contribution in [-0.4, -0.2) is 6.18 Å². The van der Waals surface area contributed by atoms with Crippen LogP contribution in [0.1, 0.15) is 12.0 Å². The van der Waals surface area contributed by atoms with E-state index in [0.717, 1.165) is 18.2 Å². The molecule has 0 aromatic heterocycles. The molecule has 0 atom stereocenters. The monoisotopic (exact) mass is 350 g/mol. The molecule has 0 unspecified atom stereocenters. The molecule has 4 N–H and O–H groups in total. The highest BCUT2D eigenvalue weighted by Gasteiger charge is 2.39. The molecule has 0 amide bonds. The topological polar surface area (TPSA) is 61.3 Å². The predicted molar refractivity (Wildman–Crippen MR) is 75.6 cm³/mol. The highest BCUT2D eigenvalue weighted by Crippen LogP contribution is 2.40. The molecular weight excluding hydrogens is 338 g/mol. The highest BCUT2D eigenvalue weighted by molar-refractivity contribution is 5.51. The number of ether oxygens (including phenoxy) is 1. The summed E-state index contributed by atoms with van der Waals surface area (Å²) in [4.78, 5) is 0. The first-order chi connectivity index (χ1) is 11.0. The van der Waals surface area contributed by atoms with Crippen LogP contribution in [0, 0.1) is 0 Å². The first-order valence-corrected chi connectivity index (χ1v) is 6.58. The van der Waals surface area contributed by atoms with Gasteiger partial charge in [0.05, 0.1) is 5.57 Å². The van der Waals surface area contributed by atoms with E-state index in [1.165, 1.54) is 6.08 Å². The smallest absolute Gasteiger partial charge is 0.420 e. The van der Waals surface area contributed by atoms with Gasteiger partial charge in [-0.1, -0.05) is 6.08 Å². The molecule has 24 heavy (non-hydrogen) atoms. The molecule has 0 bridgehead atoms. The van der Waals surface area contributed by atoms with Crippen molar-refractivity contribution in [2.45, 2.75) is 18.8 Å². The van der Waals surface area contributed by atoms with Gasteiger partial charge in [-0.25, -0.2) is 0 Å². The quantitative estimate of drug-likeness (QED) is 0.618. The Labute approximate surface area is 132 Å². The zero-order valence-corrected chi connectivity index (χ0v) is 12.0. The minimum atomic E-state index is -4.85. The summed E-state index contributed by atoms with van der Waals surface area (Å²) in [6.07, 6.45) is -6.79. The maximum absolute atomic E-state index is 13.1. The Bertz CT molecular complexity index is 728. The maximum atomic E-state index is 13.1. The summed E-state index contributed by atoms with van der Waals surface area (Å²) in [5.74, 6) is -1.53. The number of rotatable bonds is 2. The van der Waals surface area contributed by atoms with E-state index < -0.39 is 35.0 Å². The number of hydrogen-bond acceptors (Lipinski definition) is 3. The van der Waals surface area contributed by atoms with Crippen molar-refractivity contribution in [1.82, 2.24) is 0 Å². The van der Waals surface area contributed by atoms with E-state index in [2.05, 4.69) is 0 Å². The molecule has 0 radical (unpaired) electrons. The number of hydrogen-bond donors (Lipinski definition) is 2. The van der Waals surface area contributed by atoms with E-state index >= 15 is 0 Å². The average Bonchev–Trinajstić information content (AvgIpc) is 2.61. The third-order valence-corrected chi connectivity index (χ3v) is 3.07. The second-order valence-electron chi connectivity index (χ2n) is 4.92. The number of alkyl halides is 6. The van der Waals surface area contributed by atoms with Crippen molar-refractivity contribution in [3.05, 3.63) is 59.0 Å². The lowest BCUT2D eigenvalue weighted by Crippen LogP contribution is -2.18. The number of anilines is 1. The Balaban J connectivity index is 2.47. The van der Waals surface area contributed by atoms with Crippen molar-refractivity contribution in [3.63, 3.8) is 0 Å². The van der Waals surface area contributed by atoms with Gasteiger partial charge in [-0.2, -0.15) is 26.3 Å². The number of benzene rings is 1. The van der Waals surface area contributed by atoms with Crippen LogP contribution in [0.3, 0.4) is 0 Å². The van der Waals surface area contributed by atoms with E-state index in [0.29, 0.717) is 12.1 Å². The van der Waals surface area contributed by atoms with E-state index in [1.807, 2.05) is 0 Å². The van der Waals surface area contributed by atoms with Crippen LogP contribution in [0.2, 0.25) is 0 Å². The van der Waals surface area contributed by atoms with Crippen molar-refractivity contribution < 1.29 is 31.1 Å². The third-order valence-electron chi connectivity index (χ3n) is 3.07. The fraction of sp³-hybridized carbons (Fsp3) is 0.200. The largest absolute Gasteiger partial charge is 0.456 e. The molecule has 1 aromatic rings. The molecule has 0 saturated heterocycles. The standard InChI is InChI=1S/C15H12F6N2O/c16-14(17,18)10-6-8(22)2-1-3-12(10)24-13-5-4-9(23)7-11(13)15(19,20)21/h2-7H,1,22-23H2. The summed E-state index contributed by atoms with van der Waals surface area (Å²) in [7, 11) is 0. The molecule has 0 heterocycles. The number of allylic oxidation sites excluding steroid dienone is 4. The Morgan fingerprint density at radius 1 is 0.917 bits per heavy atom. The van der Waals surface area contributed by atoms with Crippen molar-refractivity contribution in [3.8, 4) is 5.75 Å². The average molecular weight is 350 g/mol. The molecule has 0 spiro atoms. The van der Waals surface area contributed by atoms with E-state index in [-0.39, 0.29) is 17.8 Å². The van der Waals surface area contributed by atoms with E-state index in [1.54, 1.807) is 0 Å². The van der Waals surface area contributed by atoms with Gasteiger partial charge >= 0.3 is 12.4 Å². The highest BCUT2D eigenvalue weighted by atomic mass is 19.4. The second-order valence-corrected chi connectivity index (χ2v) is 4.92. The summed E-state index contributed by atoms with van der Waals surface area (Å²) in [6, 6.07) is 2.57. The summed E-state index contributed by atoms with van der Waals surface area (Å²) in [6.45, 7) is 0. The maximum Gasteiger partial charge on any atom is 0.420 e. The zero-order chi connectivity index (χ0) is 18.1. The summed E-state index contributed by atoms with van der Waals surface area (Å²) in [5, 5.41) is 0. The molecule has 1 aliphatic rings. The van der Waals surface area contributed by atoms with Crippen LogP contribution < -0.4 is 16.2 Å². The van der Waals surface area contributed by atoms with Crippen LogP contribution in [-0.2, 0) is 6.18 Å². The Hall–Kier alpha value is -2.58. The number of nitrogens with two attached hydrogens (primary N) is 2. The second kappa shape index (κ2) is 6.14. The lowest BCUT2D eigenvalue weighted by Gasteiger charge is -2.19. The van der Waals surface area contributed by atoms with E-state index in [4.69, 9.17) is 16.2 Å². The van der Waals surface area contributed by atoms with Crippen molar-refractivity contribution >= 4 is 5.69 Å². The summed E-state index contributed by atoms with van der Waals surface area (Å²) >= 11 is 0. The molecular formula is C15H12F6N2O. The predicted octanol–water partition coefficient (Wildman–Crippen LogP) is 4.29. The fourth-order valence-corrected chi connectivity index (χ4v) is 2.00.